The van der Waals surface area contributed by atoms with E-state index in [0.29, 0.717) is 26.9 Å². The molecule has 2 aromatic heterocycles. The van der Waals surface area contributed by atoms with Crippen molar-refractivity contribution in [2.45, 2.75) is 13.8 Å². The van der Waals surface area contributed by atoms with Crippen LogP contribution in [-0.4, -0.2) is 14.5 Å². The lowest BCUT2D eigenvalue weighted by molar-refractivity contribution is 0.895. The van der Waals surface area contributed by atoms with Gasteiger partial charge >= 0.3 is 0 Å². The van der Waals surface area contributed by atoms with Crippen molar-refractivity contribution in [2.24, 2.45) is 0 Å². The van der Waals surface area contributed by atoms with Crippen molar-refractivity contribution in [3.63, 3.8) is 0 Å². The van der Waals surface area contributed by atoms with Gasteiger partial charge in [-0.2, -0.15) is 5.26 Å². The van der Waals surface area contributed by atoms with Crippen molar-refractivity contribution in [2.75, 3.05) is 0 Å². The van der Waals surface area contributed by atoms with E-state index < -0.39 is 0 Å². The molecule has 0 atom stereocenters. The number of hydrogen-bond acceptors (Lipinski definition) is 4. The number of nitriles is 1. The van der Waals surface area contributed by atoms with Crippen LogP contribution >= 0.6 is 34.8 Å². The van der Waals surface area contributed by atoms with Gasteiger partial charge in [0.25, 0.3) is 5.56 Å². The lowest BCUT2D eigenvalue weighted by Gasteiger charge is -2.13. The molecule has 3 aromatic carbocycles. The number of hydrogen-bond donors (Lipinski definition) is 1. The monoisotopic (exact) mass is 586 g/mol. The number of aryl methyl sites for hydroxylation is 2. The summed E-state index contributed by atoms with van der Waals surface area (Å²) < 4.78 is 3.01. The summed E-state index contributed by atoms with van der Waals surface area (Å²) in [4.78, 5) is 21.1. The molecule has 0 fully saturated rings. The molecule has 0 bridgehead atoms. The number of pyridine rings is 1. The third-order valence-corrected chi connectivity index (χ3v) is 6.92. The molecule has 35 heavy (non-hydrogen) atoms. The molecular formula is C28H19IN4OS. The maximum atomic E-state index is 13.3. The van der Waals surface area contributed by atoms with Crippen LogP contribution in [0.5, 0.6) is 0 Å². The Morgan fingerprint density at radius 3 is 2.34 bits per heavy atom. The summed E-state index contributed by atoms with van der Waals surface area (Å²) in [6.07, 6.45) is 0. The summed E-state index contributed by atoms with van der Waals surface area (Å²) in [6, 6.07) is 25.6. The van der Waals surface area contributed by atoms with Crippen molar-refractivity contribution in [1.82, 2.24) is 14.5 Å². The zero-order valence-corrected chi connectivity index (χ0v) is 21.9. The van der Waals surface area contributed by atoms with Gasteiger partial charge in [0.05, 0.1) is 22.2 Å². The molecule has 5 nitrogen and oxygen atoms in total. The number of rotatable bonds is 3. The van der Waals surface area contributed by atoms with Crippen LogP contribution in [0.1, 0.15) is 17.0 Å². The van der Waals surface area contributed by atoms with E-state index in [1.54, 1.807) is 4.57 Å². The number of nitrogens with one attached hydrogen (secondary N) is 1. The van der Waals surface area contributed by atoms with Gasteiger partial charge in [0.1, 0.15) is 16.5 Å². The molecule has 170 valence electrons. The standard InChI is InChI=1S/C28H19IN4OS/c1-16-3-5-18(6-4-16)22-14-26(32-27(35)24(22)15-30)19-7-10-21(11-8-19)33-17(2)31-25-12-9-20(29)13-23(25)28(33)34/h3-14H,1-2H3,(H,32,35). The molecule has 1 N–H and O–H groups in total. The van der Waals surface area contributed by atoms with Gasteiger partial charge in [-0.1, -0.05) is 54.2 Å². The molecule has 0 spiro atoms. The molecule has 0 amide bonds. The minimum absolute atomic E-state index is 0.0989. The van der Waals surface area contributed by atoms with E-state index in [-0.39, 0.29) is 5.56 Å². The van der Waals surface area contributed by atoms with E-state index in [2.05, 4.69) is 38.6 Å². The molecule has 0 unspecified atom stereocenters. The van der Waals surface area contributed by atoms with Gasteiger partial charge in [0.15, 0.2) is 0 Å². The normalized spacial score (nSPS) is 10.9. The number of benzene rings is 3. The Morgan fingerprint density at radius 2 is 1.66 bits per heavy atom. The van der Waals surface area contributed by atoms with Crippen LogP contribution in [0.2, 0.25) is 0 Å². The predicted molar refractivity (Wildman–Crippen MR) is 150 cm³/mol. The number of nitrogens with zero attached hydrogens (tertiary/aromatic N) is 3. The van der Waals surface area contributed by atoms with Crippen LogP contribution in [0, 0.1) is 33.4 Å². The largest absolute Gasteiger partial charge is 0.345 e. The zero-order chi connectivity index (χ0) is 24.7. The molecule has 5 aromatic rings. The summed E-state index contributed by atoms with van der Waals surface area (Å²) in [7, 11) is 0. The fourth-order valence-electron chi connectivity index (χ4n) is 4.15. The lowest BCUT2D eigenvalue weighted by Crippen LogP contribution is -2.22. The number of aromatic nitrogens is 3. The highest BCUT2D eigenvalue weighted by Gasteiger charge is 2.13. The molecule has 0 saturated carbocycles. The van der Waals surface area contributed by atoms with Crippen molar-refractivity contribution >= 4 is 45.7 Å². The van der Waals surface area contributed by atoms with Crippen LogP contribution in [0.3, 0.4) is 0 Å². The van der Waals surface area contributed by atoms with Crippen LogP contribution < -0.4 is 5.56 Å². The van der Waals surface area contributed by atoms with E-state index in [4.69, 9.17) is 12.2 Å². The molecule has 7 heteroatoms. The van der Waals surface area contributed by atoms with Gasteiger partial charge in [0.2, 0.25) is 0 Å². The third-order valence-electron chi connectivity index (χ3n) is 5.94. The smallest absolute Gasteiger partial charge is 0.265 e. The minimum Gasteiger partial charge on any atom is -0.345 e. The van der Waals surface area contributed by atoms with Crippen molar-refractivity contribution in [3.8, 4) is 34.1 Å². The second-order valence-electron chi connectivity index (χ2n) is 8.29. The fourth-order valence-corrected chi connectivity index (χ4v) is 4.91. The highest BCUT2D eigenvalue weighted by Crippen LogP contribution is 2.29. The Balaban J connectivity index is 1.61. The maximum Gasteiger partial charge on any atom is 0.265 e. The Labute approximate surface area is 220 Å². The molecule has 0 aliphatic heterocycles. The number of aromatic amines is 1. The first-order valence-electron chi connectivity index (χ1n) is 10.9. The quantitative estimate of drug-likeness (QED) is 0.185. The van der Waals surface area contributed by atoms with Gasteiger partial charge in [-0.05, 0) is 84.0 Å². The summed E-state index contributed by atoms with van der Waals surface area (Å²) in [6.45, 7) is 3.86. The Kier molecular flexibility index (Phi) is 6.09. The second-order valence-corrected chi connectivity index (χ2v) is 9.94. The second kappa shape index (κ2) is 9.21. The summed E-state index contributed by atoms with van der Waals surface area (Å²) in [5.74, 6) is 0.621. The fraction of sp³-hybridized carbons (Fsp3) is 0.0714. The first-order chi connectivity index (χ1) is 16.9. The topological polar surface area (TPSA) is 74.5 Å². The SMILES string of the molecule is Cc1ccc(-c2cc(-c3ccc(-n4c(C)nc5ccc(I)cc5c4=O)cc3)[nH]c(=S)c2C#N)cc1. The highest BCUT2D eigenvalue weighted by molar-refractivity contribution is 14.1. The van der Waals surface area contributed by atoms with Crippen LogP contribution in [0.15, 0.2) is 77.6 Å². The highest BCUT2D eigenvalue weighted by atomic mass is 127. The molecule has 0 aliphatic carbocycles. The summed E-state index contributed by atoms with van der Waals surface area (Å²) in [5.41, 5.74) is 6.33. The van der Waals surface area contributed by atoms with Gasteiger partial charge in [-0.3, -0.25) is 9.36 Å². The van der Waals surface area contributed by atoms with E-state index in [0.717, 1.165) is 37.2 Å². The van der Waals surface area contributed by atoms with Gasteiger partial charge < -0.3 is 4.98 Å². The molecule has 0 radical (unpaired) electrons. The van der Waals surface area contributed by atoms with Crippen LogP contribution in [-0.2, 0) is 0 Å². The summed E-state index contributed by atoms with van der Waals surface area (Å²) >= 11 is 7.71. The lowest BCUT2D eigenvalue weighted by atomic mass is 9.98. The molecule has 0 aliphatic rings. The number of halogens is 1. The molecular weight excluding hydrogens is 567 g/mol. The van der Waals surface area contributed by atoms with E-state index in [9.17, 15) is 10.1 Å². The minimum atomic E-state index is -0.0989. The average Bonchev–Trinajstić information content (AvgIpc) is 2.85. The van der Waals surface area contributed by atoms with Gasteiger partial charge in [0, 0.05) is 14.8 Å². The van der Waals surface area contributed by atoms with E-state index in [1.165, 1.54) is 0 Å². The first-order valence-corrected chi connectivity index (χ1v) is 12.4. The van der Waals surface area contributed by atoms with Crippen molar-refractivity contribution < 1.29 is 0 Å². The maximum absolute atomic E-state index is 13.3. The number of fused-ring (bicyclic) bond motifs is 1. The van der Waals surface area contributed by atoms with Gasteiger partial charge in [-0.25, -0.2) is 4.98 Å². The molecule has 2 heterocycles. The predicted octanol–water partition coefficient (Wildman–Crippen LogP) is 6.87. The third kappa shape index (κ3) is 4.31. The van der Waals surface area contributed by atoms with E-state index in [1.807, 2.05) is 86.6 Å². The van der Waals surface area contributed by atoms with Crippen LogP contribution in [0.4, 0.5) is 0 Å². The number of H-pyrrole nitrogens is 1. The molecule has 5 rings (SSSR count). The zero-order valence-electron chi connectivity index (χ0n) is 19.0. The van der Waals surface area contributed by atoms with Gasteiger partial charge in [-0.15, -0.1) is 0 Å². The molecule has 0 saturated heterocycles. The van der Waals surface area contributed by atoms with Crippen molar-refractivity contribution in [1.29, 1.82) is 5.26 Å². The van der Waals surface area contributed by atoms with Crippen LogP contribution in [0.25, 0.3) is 39.0 Å². The van der Waals surface area contributed by atoms with Crippen molar-refractivity contribution in [3.05, 3.63) is 108 Å². The average molecular weight is 586 g/mol. The summed E-state index contributed by atoms with van der Waals surface area (Å²) in [5, 5.41) is 10.3. The van der Waals surface area contributed by atoms with E-state index >= 15 is 0 Å². The Hall–Kier alpha value is -3.61. The first kappa shape index (κ1) is 23.1. The Morgan fingerprint density at radius 1 is 0.971 bits per heavy atom. The Bertz CT molecular complexity index is 1760.